The maximum Gasteiger partial charge on any atom is 0.408 e. The van der Waals surface area contributed by atoms with Crippen LogP contribution in [0.5, 0.6) is 0 Å². The number of aliphatic carboxylic acids is 1. The average Bonchev–Trinajstić information content (AvgIpc) is 3.39. The van der Waals surface area contributed by atoms with Gasteiger partial charge in [0.25, 0.3) is 0 Å². The molecule has 13 heteroatoms. The fourth-order valence-electron chi connectivity index (χ4n) is 6.73. The molecule has 3 N–H and O–H groups in total. The lowest BCUT2D eigenvalue weighted by Crippen LogP contribution is -2.56. The zero-order chi connectivity index (χ0) is 36.2. The van der Waals surface area contributed by atoms with E-state index in [2.05, 4.69) is 26.0 Å². The lowest BCUT2D eigenvalue weighted by Gasteiger charge is -2.30. The number of ether oxygens (including phenoxy) is 1. The lowest BCUT2D eigenvalue weighted by atomic mass is 10.0. The second kappa shape index (κ2) is 14.9. The predicted octanol–water partition coefficient (Wildman–Crippen LogP) is 5.03. The summed E-state index contributed by atoms with van der Waals surface area (Å²) < 4.78 is 5.48. The van der Waals surface area contributed by atoms with Gasteiger partial charge in [-0.05, 0) is 68.9 Å². The van der Waals surface area contributed by atoms with Crippen molar-refractivity contribution in [2.75, 3.05) is 6.54 Å². The summed E-state index contributed by atoms with van der Waals surface area (Å²) in [5, 5.41) is 29.0. The molecule has 5 atom stereocenters. The topological polar surface area (TPSA) is 169 Å². The van der Waals surface area contributed by atoms with Crippen LogP contribution in [0.15, 0.2) is 66.7 Å². The summed E-state index contributed by atoms with van der Waals surface area (Å²) >= 11 is 0. The van der Waals surface area contributed by atoms with E-state index in [0.717, 1.165) is 36.0 Å². The van der Waals surface area contributed by atoms with Gasteiger partial charge in [-0.1, -0.05) is 85.7 Å². The van der Waals surface area contributed by atoms with Crippen molar-refractivity contribution in [3.8, 4) is 11.4 Å². The van der Waals surface area contributed by atoms with Crippen LogP contribution in [0.2, 0.25) is 0 Å². The van der Waals surface area contributed by atoms with E-state index in [4.69, 9.17) is 4.74 Å². The third-order valence-corrected chi connectivity index (χ3v) is 9.50. The Kier molecular flexibility index (Phi) is 10.4. The minimum atomic E-state index is -1.44. The SMILES string of the molecule is CC(C)(C)OC(=O)N[C@H]1CCCCC/C=C\[C@@H]2C[C@]2(C(=O)O)NC(=O)[C@@H]2C[C@@H](n3nnc(-c4cccc(/C=C/c5ccccc5)c4)n3)CN2C1=O. The average molecular weight is 696 g/mol. The van der Waals surface area contributed by atoms with Crippen LogP contribution in [0, 0.1) is 5.92 Å². The zero-order valence-corrected chi connectivity index (χ0v) is 29.2. The summed E-state index contributed by atoms with van der Waals surface area (Å²) in [6.07, 6.45) is 10.9. The van der Waals surface area contributed by atoms with Crippen LogP contribution < -0.4 is 10.6 Å². The highest BCUT2D eigenvalue weighted by molar-refractivity contribution is 5.96. The fourth-order valence-corrected chi connectivity index (χ4v) is 6.73. The number of carbonyl (C=O) groups is 4. The van der Waals surface area contributed by atoms with E-state index in [-0.39, 0.29) is 25.3 Å². The van der Waals surface area contributed by atoms with Crippen molar-refractivity contribution in [2.45, 2.75) is 95.0 Å². The van der Waals surface area contributed by atoms with Gasteiger partial charge in [0.05, 0.1) is 6.04 Å². The van der Waals surface area contributed by atoms with Crippen LogP contribution >= 0.6 is 0 Å². The van der Waals surface area contributed by atoms with E-state index in [0.29, 0.717) is 18.7 Å². The van der Waals surface area contributed by atoms with Crippen molar-refractivity contribution >= 4 is 36.0 Å². The molecule has 2 fully saturated rings. The van der Waals surface area contributed by atoms with Gasteiger partial charge in [-0.2, -0.15) is 4.80 Å². The number of tetrazole rings is 1. The van der Waals surface area contributed by atoms with Crippen LogP contribution in [0.3, 0.4) is 0 Å². The summed E-state index contributed by atoms with van der Waals surface area (Å²) in [6, 6.07) is 15.2. The number of fused-ring (bicyclic) bond motifs is 2. The van der Waals surface area contributed by atoms with Crippen LogP contribution in [-0.2, 0) is 19.1 Å². The van der Waals surface area contributed by atoms with E-state index < -0.39 is 53.1 Å². The van der Waals surface area contributed by atoms with Gasteiger partial charge >= 0.3 is 12.1 Å². The summed E-state index contributed by atoms with van der Waals surface area (Å²) in [4.78, 5) is 56.4. The van der Waals surface area contributed by atoms with E-state index in [9.17, 15) is 24.3 Å². The number of carboxylic acids is 1. The Bertz CT molecular complexity index is 1820. The summed E-state index contributed by atoms with van der Waals surface area (Å²) in [6.45, 7) is 5.28. The molecule has 1 aromatic heterocycles. The fraction of sp³-hybridized carbons (Fsp3) is 0.447. The molecule has 0 radical (unpaired) electrons. The van der Waals surface area contributed by atoms with Gasteiger partial charge in [0.2, 0.25) is 17.6 Å². The van der Waals surface area contributed by atoms with Crippen molar-refractivity contribution < 1.29 is 29.0 Å². The Morgan fingerprint density at radius 3 is 2.57 bits per heavy atom. The number of hydrogen-bond donors (Lipinski definition) is 3. The maximum atomic E-state index is 14.3. The smallest absolute Gasteiger partial charge is 0.408 e. The molecule has 51 heavy (non-hydrogen) atoms. The number of carboxylic acid groups (broad SMARTS) is 1. The molecule has 6 rings (SSSR count). The Balaban J connectivity index is 1.26. The van der Waals surface area contributed by atoms with E-state index >= 15 is 0 Å². The summed E-state index contributed by atoms with van der Waals surface area (Å²) in [5.41, 5.74) is 0.552. The normalized spacial score (nSPS) is 26.3. The first-order valence-corrected chi connectivity index (χ1v) is 17.6. The minimum absolute atomic E-state index is 0.0580. The number of benzene rings is 2. The number of amides is 3. The number of allylic oxidation sites excluding steroid dienone is 1. The van der Waals surface area contributed by atoms with Gasteiger partial charge in [-0.3, -0.25) is 9.59 Å². The van der Waals surface area contributed by atoms with Crippen LogP contribution in [0.4, 0.5) is 4.79 Å². The molecule has 2 aliphatic heterocycles. The maximum absolute atomic E-state index is 14.3. The molecule has 0 bridgehead atoms. The Morgan fingerprint density at radius 2 is 1.80 bits per heavy atom. The molecular weight excluding hydrogens is 650 g/mol. The van der Waals surface area contributed by atoms with Crippen molar-refractivity contribution in [3.63, 3.8) is 0 Å². The molecule has 1 saturated carbocycles. The van der Waals surface area contributed by atoms with Crippen molar-refractivity contribution in [1.29, 1.82) is 0 Å². The first-order valence-electron chi connectivity index (χ1n) is 17.6. The molecule has 3 amide bonds. The number of nitrogens with zero attached hydrogens (tertiary/aromatic N) is 5. The molecule has 2 aromatic carbocycles. The second-order valence-corrected chi connectivity index (χ2v) is 14.5. The second-order valence-electron chi connectivity index (χ2n) is 14.5. The molecular formula is C38H45N7O6. The minimum Gasteiger partial charge on any atom is -0.479 e. The van der Waals surface area contributed by atoms with Gasteiger partial charge < -0.3 is 25.4 Å². The Labute approximate surface area is 297 Å². The standard InChI is InChI=1S/C38H45N7O6/c1-37(2,3)51-36(50)39-30-18-11-6-4-5-10-17-28-23-38(28,35(48)49)40-33(46)31-22-29(24-44(31)34(30)47)45-42-32(41-43-45)27-16-12-15-26(21-27)20-19-25-13-8-7-9-14-25/h7-10,12-17,19-21,28-31H,4-6,11,18,22-24H2,1-3H3,(H,39,50)(H,40,46)(H,48,49)/b17-10-,20-19+/t28-,29-,30+,31+,38+/m1/s1. The molecule has 268 valence electrons. The first-order chi connectivity index (χ1) is 24.4. The molecule has 3 aromatic rings. The summed E-state index contributed by atoms with van der Waals surface area (Å²) in [5.74, 6) is -2.10. The molecule has 13 nitrogen and oxygen atoms in total. The number of hydrogen-bond acceptors (Lipinski definition) is 8. The Hall–Kier alpha value is -5.33. The number of carbonyl (C=O) groups excluding carboxylic acids is 3. The Morgan fingerprint density at radius 1 is 1.04 bits per heavy atom. The first kappa shape index (κ1) is 35.5. The number of rotatable bonds is 6. The van der Waals surface area contributed by atoms with E-state index in [1.54, 1.807) is 20.8 Å². The molecule has 0 unspecified atom stereocenters. The lowest BCUT2D eigenvalue weighted by molar-refractivity contribution is -0.145. The van der Waals surface area contributed by atoms with Gasteiger partial charge in [0.15, 0.2) is 0 Å². The van der Waals surface area contributed by atoms with Crippen molar-refractivity contribution in [2.24, 2.45) is 5.92 Å². The summed E-state index contributed by atoms with van der Waals surface area (Å²) in [7, 11) is 0. The monoisotopic (exact) mass is 695 g/mol. The molecule has 3 heterocycles. The quantitative estimate of drug-likeness (QED) is 0.237. The number of nitrogens with one attached hydrogen (secondary N) is 2. The van der Waals surface area contributed by atoms with Crippen molar-refractivity contribution in [3.05, 3.63) is 77.9 Å². The largest absolute Gasteiger partial charge is 0.479 e. The highest BCUT2D eigenvalue weighted by Gasteiger charge is 2.61. The number of aromatic nitrogens is 4. The molecule has 1 saturated heterocycles. The van der Waals surface area contributed by atoms with Crippen LogP contribution in [0.25, 0.3) is 23.5 Å². The van der Waals surface area contributed by atoms with Crippen molar-refractivity contribution in [1.82, 2.24) is 35.7 Å². The molecule has 0 spiro atoms. The predicted molar refractivity (Wildman–Crippen MR) is 190 cm³/mol. The van der Waals surface area contributed by atoms with Gasteiger partial charge in [-0.25, -0.2) is 9.59 Å². The van der Waals surface area contributed by atoms with Gasteiger partial charge in [0.1, 0.15) is 23.2 Å². The third kappa shape index (κ3) is 8.53. The number of alkyl carbamates (subject to hydrolysis) is 1. The van der Waals surface area contributed by atoms with Crippen LogP contribution in [-0.4, -0.2) is 83.9 Å². The zero-order valence-electron chi connectivity index (χ0n) is 29.2. The van der Waals surface area contributed by atoms with Gasteiger partial charge in [-0.15, -0.1) is 10.2 Å². The highest BCUT2D eigenvalue weighted by atomic mass is 16.6. The molecule has 3 aliphatic rings. The molecule has 1 aliphatic carbocycles. The third-order valence-electron chi connectivity index (χ3n) is 9.50. The van der Waals surface area contributed by atoms with E-state index in [1.807, 2.05) is 78.9 Å². The van der Waals surface area contributed by atoms with Gasteiger partial charge in [0, 0.05) is 24.4 Å². The van der Waals surface area contributed by atoms with Crippen LogP contribution in [0.1, 0.15) is 82.9 Å². The van der Waals surface area contributed by atoms with E-state index in [1.165, 1.54) is 9.70 Å². The highest BCUT2D eigenvalue weighted by Crippen LogP contribution is 2.45.